The fourth-order valence-electron chi connectivity index (χ4n) is 1.96. The number of rotatable bonds is 1. The molecule has 0 aliphatic heterocycles. The first-order valence-corrected chi connectivity index (χ1v) is 5.77. The minimum absolute atomic E-state index is 0.178. The van der Waals surface area contributed by atoms with Gasteiger partial charge in [0.2, 0.25) is 0 Å². The van der Waals surface area contributed by atoms with Crippen molar-refractivity contribution in [3.63, 3.8) is 0 Å². The summed E-state index contributed by atoms with van der Waals surface area (Å²) in [6.07, 6.45) is 0. The number of aromatic nitrogens is 2. The van der Waals surface area contributed by atoms with Crippen LogP contribution in [-0.2, 0) is 0 Å². The van der Waals surface area contributed by atoms with Crippen LogP contribution >= 0.6 is 0 Å². The van der Waals surface area contributed by atoms with E-state index in [9.17, 15) is 4.79 Å². The molecule has 3 aromatic rings. The summed E-state index contributed by atoms with van der Waals surface area (Å²) in [6, 6.07) is 16.2. The van der Waals surface area contributed by atoms with E-state index in [1.807, 2.05) is 12.1 Å². The lowest BCUT2D eigenvalue weighted by Crippen LogP contribution is -2.09. The highest BCUT2D eigenvalue weighted by atomic mass is 16.1. The third-order valence-corrected chi connectivity index (χ3v) is 2.88. The average molecular weight is 247 g/mol. The predicted molar refractivity (Wildman–Crippen MR) is 72.5 cm³/mol. The van der Waals surface area contributed by atoms with E-state index in [0.29, 0.717) is 22.3 Å². The molecule has 0 spiro atoms. The Hall–Kier alpha value is -2.93. The van der Waals surface area contributed by atoms with E-state index in [2.05, 4.69) is 16.0 Å². The first-order chi connectivity index (χ1) is 9.28. The molecule has 4 nitrogen and oxygen atoms in total. The van der Waals surface area contributed by atoms with Gasteiger partial charge in [0, 0.05) is 5.56 Å². The molecule has 1 N–H and O–H groups in total. The molecule has 0 aliphatic carbocycles. The molecule has 19 heavy (non-hydrogen) atoms. The summed E-state index contributed by atoms with van der Waals surface area (Å²) < 4.78 is 0. The van der Waals surface area contributed by atoms with Crippen molar-refractivity contribution in [3.8, 4) is 17.5 Å². The van der Waals surface area contributed by atoms with E-state index in [1.165, 1.54) is 0 Å². The number of fused-ring (bicyclic) bond motifs is 1. The van der Waals surface area contributed by atoms with E-state index in [0.717, 1.165) is 5.56 Å². The summed E-state index contributed by atoms with van der Waals surface area (Å²) in [5, 5.41) is 9.45. The van der Waals surface area contributed by atoms with Gasteiger partial charge >= 0.3 is 0 Å². The Morgan fingerprint density at radius 3 is 2.79 bits per heavy atom. The highest BCUT2D eigenvalue weighted by molar-refractivity contribution is 5.79. The van der Waals surface area contributed by atoms with Crippen LogP contribution in [0.4, 0.5) is 0 Å². The predicted octanol–water partition coefficient (Wildman–Crippen LogP) is 2.46. The van der Waals surface area contributed by atoms with Crippen LogP contribution in [0.5, 0.6) is 0 Å². The maximum atomic E-state index is 12.0. The first kappa shape index (κ1) is 11.2. The second-order valence-electron chi connectivity index (χ2n) is 4.12. The van der Waals surface area contributed by atoms with Crippen LogP contribution in [0.1, 0.15) is 5.56 Å². The van der Waals surface area contributed by atoms with Gasteiger partial charge in [-0.3, -0.25) is 4.79 Å². The minimum atomic E-state index is -0.178. The van der Waals surface area contributed by atoms with Gasteiger partial charge in [0.25, 0.3) is 5.56 Å². The number of hydrogen-bond acceptors (Lipinski definition) is 3. The normalized spacial score (nSPS) is 10.3. The van der Waals surface area contributed by atoms with Crippen molar-refractivity contribution >= 4 is 10.9 Å². The zero-order valence-electron chi connectivity index (χ0n) is 9.92. The number of nitriles is 1. The molecule has 0 fully saturated rings. The third kappa shape index (κ3) is 1.98. The summed E-state index contributed by atoms with van der Waals surface area (Å²) in [4.78, 5) is 19.1. The molecule has 90 valence electrons. The number of benzene rings is 2. The van der Waals surface area contributed by atoms with Crippen molar-refractivity contribution in [1.82, 2.24) is 9.97 Å². The van der Waals surface area contributed by atoms with Gasteiger partial charge in [0.05, 0.1) is 22.5 Å². The number of para-hydroxylation sites is 1. The molecule has 2 aromatic carbocycles. The van der Waals surface area contributed by atoms with Gasteiger partial charge < -0.3 is 4.98 Å². The molecule has 0 saturated carbocycles. The number of hydrogen-bond donors (Lipinski definition) is 1. The standard InChI is InChI=1S/C15H9N3O/c16-9-10-4-3-5-11(8-10)14-17-13-7-2-1-6-12(13)15(19)18-14/h1-8H,(H,17,18,19). The summed E-state index contributed by atoms with van der Waals surface area (Å²) in [7, 11) is 0. The Kier molecular flexibility index (Phi) is 2.58. The largest absolute Gasteiger partial charge is 0.306 e. The molecule has 0 aliphatic rings. The van der Waals surface area contributed by atoms with Crippen molar-refractivity contribution in [2.24, 2.45) is 0 Å². The van der Waals surface area contributed by atoms with E-state index in [-0.39, 0.29) is 5.56 Å². The summed E-state index contributed by atoms with van der Waals surface area (Å²) >= 11 is 0. The first-order valence-electron chi connectivity index (χ1n) is 5.77. The van der Waals surface area contributed by atoms with Crippen LogP contribution in [0, 0.1) is 11.3 Å². The third-order valence-electron chi connectivity index (χ3n) is 2.88. The molecule has 0 amide bonds. The number of nitrogens with zero attached hydrogens (tertiary/aromatic N) is 2. The highest BCUT2D eigenvalue weighted by Gasteiger charge is 2.05. The van der Waals surface area contributed by atoms with Crippen LogP contribution < -0.4 is 5.56 Å². The van der Waals surface area contributed by atoms with Crippen molar-refractivity contribution in [1.29, 1.82) is 5.26 Å². The Bertz CT molecular complexity index is 859. The molecule has 4 heteroatoms. The topological polar surface area (TPSA) is 69.5 Å². The van der Waals surface area contributed by atoms with Crippen LogP contribution in [0.15, 0.2) is 53.3 Å². The second kappa shape index (κ2) is 4.39. The molecular formula is C15H9N3O. The van der Waals surface area contributed by atoms with Crippen LogP contribution in [0.2, 0.25) is 0 Å². The zero-order valence-corrected chi connectivity index (χ0v) is 9.92. The highest BCUT2D eigenvalue weighted by Crippen LogP contribution is 2.17. The number of aromatic amines is 1. The molecule has 3 rings (SSSR count). The Labute approximate surface area is 109 Å². The molecule has 0 saturated heterocycles. The quantitative estimate of drug-likeness (QED) is 0.718. The van der Waals surface area contributed by atoms with Gasteiger partial charge in [-0.15, -0.1) is 0 Å². The van der Waals surface area contributed by atoms with Gasteiger partial charge in [-0.1, -0.05) is 24.3 Å². The lowest BCUT2D eigenvalue weighted by molar-refractivity contribution is 1.18. The molecule has 0 bridgehead atoms. The van der Waals surface area contributed by atoms with Crippen molar-refractivity contribution in [3.05, 3.63) is 64.4 Å². The maximum absolute atomic E-state index is 12.0. The minimum Gasteiger partial charge on any atom is -0.306 e. The molecule has 0 radical (unpaired) electrons. The smallest absolute Gasteiger partial charge is 0.259 e. The Morgan fingerprint density at radius 2 is 1.95 bits per heavy atom. The molecule has 0 unspecified atom stereocenters. The fourth-order valence-corrected chi connectivity index (χ4v) is 1.96. The number of nitrogens with one attached hydrogen (secondary N) is 1. The fraction of sp³-hybridized carbons (Fsp3) is 0. The van der Waals surface area contributed by atoms with E-state index >= 15 is 0 Å². The summed E-state index contributed by atoms with van der Waals surface area (Å²) in [5.74, 6) is 0.473. The molecule has 0 atom stereocenters. The van der Waals surface area contributed by atoms with Crippen molar-refractivity contribution in [2.45, 2.75) is 0 Å². The zero-order chi connectivity index (χ0) is 13.2. The van der Waals surface area contributed by atoms with E-state index in [1.54, 1.807) is 36.4 Å². The second-order valence-corrected chi connectivity index (χ2v) is 4.12. The van der Waals surface area contributed by atoms with Gasteiger partial charge in [0.15, 0.2) is 0 Å². The number of H-pyrrole nitrogens is 1. The van der Waals surface area contributed by atoms with Crippen molar-refractivity contribution < 1.29 is 0 Å². The van der Waals surface area contributed by atoms with Gasteiger partial charge in [-0.2, -0.15) is 5.26 Å². The SMILES string of the molecule is N#Cc1cccc(-c2nc3ccccc3c(=O)[nH]2)c1. The van der Waals surface area contributed by atoms with Crippen LogP contribution in [0.3, 0.4) is 0 Å². The molecule has 1 heterocycles. The van der Waals surface area contributed by atoms with E-state index in [4.69, 9.17) is 5.26 Å². The molecule has 1 aromatic heterocycles. The molecular weight excluding hydrogens is 238 g/mol. The Morgan fingerprint density at radius 1 is 1.11 bits per heavy atom. The van der Waals surface area contributed by atoms with Crippen LogP contribution in [0.25, 0.3) is 22.3 Å². The van der Waals surface area contributed by atoms with Crippen LogP contribution in [-0.4, -0.2) is 9.97 Å². The monoisotopic (exact) mass is 247 g/mol. The summed E-state index contributed by atoms with van der Waals surface area (Å²) in [6.45, 7) is 0. The Balaban J connectivity index is 2.26. The average Bonchev–Trinajstić information content (AvgIpc) is 2.47. The van der Waals surface area contributed by atoms with E-state index < -0.39 is 0 Å². The lowest BCUT2D eigenvalue weighted by Gasteiger charge is -2.03. The lowest BCUT2D eigenvalue weighted by atomic mass is 10.1. The van der Waals surface area contributed by atoms with Gasteiger partial charge in [-0.25, -0.2) is 4.98 Å². The van der Waals surface area contributed by atoms with Gasteiger partial charge in [0.1, 0.15) is 5.82 Å². The maximum Gasteiger partial charge on any atom is 0.259 e. The summed E-state index contributed by atoms with van der Waals surface area (Å²) in [5.41, 5.74) is 1.72. The van der Waals surface area contributed by atoms with Gasteiger partial charge in [-0.05, 0) is 24.3 Å². The van der Waals surface area contributed by atoms with Crippen molar-refractivity contribution in [2.75, 3.05) is 0 Å².